The van der Waals surface area contributed by atoms with Gasteiger partial charge in [-0.1, -0.05) is 40.2 Å². The van der Waals surface area contributed by atoms with Gasteiger partial charge in [-0.15, -0.1) is 0 Å². The molecular formula is C52H54BBrF2N6O8. The summed E-state index contributed by atoms with van der Waals surface area (Å²) in [7, 11) is 1.12. The lowest BCUT2D eigenvalue weighted by atomic mass is 9.81. The van der Waals surface area contributed by atoms with Crippen LogP contribution in [0.1, 0.15) is 70.4 Å². The van der Waals surface area contributed by atoms with E-state index in [2.05, 4.69) is 35.4 Å². The number of likely N-dealkylation sites (tertiary alicyclic amines) is 2. The van der Waals surface area contributed by atoms with Gasteiger partial charge in [-0.2, -0.15) is 0 Å². The molecular weight excluding hydrogens is 965 g/mol. The number of nitrogens with zero attached hydrogens (tertiary/aromatic N) is 6. The number of pyridine rings is 2. The Morgan fingerprint density at radius 3 is 1.33 bits per heavy atom. The van der Waals surface area contributed by atoms with Crippen molar-refractivity contribution in [3.05, 3.63) is 172 Å². The van der Waals surface area contributed by atoms with Gasteiger partial charge in [0.25, 0.3) is 0 Å². The van der Waals surface area contributed by atoms with E-state index >= 15 is 0 Å². The zero-order valence-electron chi connectivity index (χ0n) is 38.9. The van der Waals surface area contributed by atoms with Crippen LogP contribution < -0.4 is 15.3 Å². The van der Waals surface area contributed by atoms with Crippen molar-refractivity contribution >= 4 is 63.9 Å². The molecule has 0 unspecified atom stereocenters. The molecule has 0 saturated carbocycles. The molecule has 2 N–H and O–H groups in total. The Kier molecular flexibility index (Phi) is 19.5. The van der Waals surface area contributed by atoms with Gasteiger partial charge in [0.2, 0.25) is 0 Å². The van der Waals surface area contributed by atoms with Crippen molar-refractivity contribution in [1.29, 1.82) is 0 Å². The Balaban J connectivity index is 0.000000197. The van der Waals surface area contributed by atoms with E-state index in [0.29, 0.717) is 54.1 Å². The van der Waals surface area contributed by atoms with E-state index < -0.39 is 30.7 Å². The molecule has 2 aliphatic rings. The largest absolute Gasteiger partial charge is 0.488 e. The Labute approximate surface area is 414 Å². The van der Waals surface area contributed by atoms with E-state index in [4.69, 9.17) is 10.0 Å². The molecule has 2 saturated heterocycles. The lowest BCUT2D eigenvalue weighted by Crippen LogP contribution is -2.45. The summed E-state index contributed by atoms with van der Waals surface area (Å²) < 4.78 is 39.7. The van der Waals surface area contributed by atoms with Gasteiger partial charge in [0, 0.05) is 77.9 Å². The van der Waals surface area contributed by atoms with E-state index in [1.807, 2.05) is 70.5 Å². The van der Waals surface area contributed by atoms with Gasteiger partial charge in [-0.25, -0.2) is 28.0 Å². The van der Waals surface area contributed by atoms with Crippen LogP contribution in [0.25, 0.3) is 11.1 Å². The summed E-state index contributed by atoms with van der Waals surface area (Å²) in [5.74, 6) is -2.30. The van der Waals surface area contributed by atoms with Gasteiger partial charge in [0.15, 0.2) is 0 Å². The maximum atomic E-state index is 14.8. The number of anilines is 2. The fourth-order valence-corrected chi connectivity index (χ4v) is 8.03. The lowest BCUT2D eigenvalue weighted by molar-refractivity contribution is 0.0591. The van der Waals surface area contributed by atoms with Crippen LogP contribution >= 0.6 is 15.9 Å². The van der Waals surface area contributed by atoms with E-state index in [1.54, 1.807) is 34.3 Å². The average molecular weight is 1020 g/mol. The van der Waals surface area contributed by atoms with Crippen molar-refractivity contribution in [2.24, 2.45) is 0 Å². The van der Waals surface area contributed by atoms with Gasteiger partial charge >= 0.3 is 31.1 Å². The minimum absolute atomic E-state index is 0.0528. The summed E-state index contributed by atoms with van der Waals surface area (Å²) in [5, 5.41) is 17.1. The van der Waals surface area contributed by atoms with Crippen LogP contribution in [-0.4, -0.2) is 101 Å². The van der Waals surface area contributed by atoms with Crippen LogP contribution in [0.15, 0.2) is 138 Å². The number of esters is 2. The zero-order chi connectivity index (χ0) is 50.0. The maximum Gasteiger partial charge on any atom is 0.488 e. The second-order valence-electron chi connectivity index (χ2n) is 16.3. The molecule has 0 bridgehead atoms. The molecule has 6 aromatic rings. The summed E-state index contributed by atoms with van der Waals surface area (Å²) >= 11 is 3.40. The van der Waals surface area contributed by atoms with Gasteiger partial charge in [0.1, 0.15) is 11.6 Å². The molecule has 8 rings (SSSR count). The molecule has 2 aliphatic heterocycles. The van der Waals surface area contributed by atoms with E-state index in [0.717, 1.165) is 66.3 Å². The summed E-state index contributed by atoms with van der Waals surface area (Å²) in [6, 6.07) is 30.0. The normalized spacial score (nSPS) is 13.1. The highest BCUT2D eigenvalue weighted by atomic mass is 79.9. The number of hydrogen-bond donors (Lipinski definition) is 2. The molecule has 4 amide bonds. The smallest absolute Gasteiger partial charge is 0.465 e. The molecule has 2 fully saturated rings. The zero-order valence-corrected chi connectivity index (χ0v) is 40.5. The lowest BCUT2D eigenvalue weighted by Gasteiger charge is -2.33. The Bertz CT molecular complexity index is 2660. The first kappa shape index (κ1) is 52.4. The van der Waals surface area contributed by atoms with Gasteiger partial charge in [-0.05, 0) is 140 Å². The molecule has 0 atom stereocenters. The number of ether oxygens (including phenoxy) is 2. The maximum absolute atomic E-state index is 14.8. The highest BCUT2D eigenvalue weighted by Gasteiger charge is 2.27. The number of carbonyl (C=O) groups excluding carboxylic acids is 4. The number of urea groups is 2. The number of benzene rings is 4. The van der Waals surface area contributed by atoms with Crippen molar-refractivity contribution in [2.75, 3.05) is 50.2 Å². The second kappa shape index (κ2) is 26.1. The predicted octanol–water partition coefficient (Wildman–Crippen LogP) is 9.04. The number of piperidine rings is 2. The number of hydrogen-bond acceptors (Lipinski definition) is 10. The molecule has 4 heterocycles. The third-order valence-corrected chi connectivity index (χ3v) is 12.2. The van der Waals surface area contributed by atoms with Crippen LogP contribution in [0.4, 0.5) is 29.7 Å². The highest BCUT2D eigenvalue weighted by molar-refractivity contribution is 9.10. The molecule has 364 valence electrons. The monoisotopic (exact) mass is 1020 g/mol. The molecule has 4 aromatic carbocycles. The highest BCUT2D eigenvalue weighted by Crippen LogP contribution is 2.28. The SMILES string of the molecule is COC(=O)c1ccc(CN(C(=O)N2CCCCC2)c2ccc(-c3ccncc3)cc2)c(F)c1.COC(=O)c1ccc(CN(C(=O)N2CCCCC2)c2ccc(Br)cc2)c(F)c1.OB(O)c1ccncc1. The van der Waals surface area contributed by atoms with Gasteiger partial charge in [0.05, 0.1) is 38.4 Å². The summed E-state index contributed by atoms with van der Waals surface area (Å²) in [4.78, 5) is 64.5. The van der Waals surface area contributed by atoms with Crippen molar-refractivity contribution in [2.45, 2.75) is 51.6 Å². The molecule has 14 nitrogen and oxygen atoms in total. The third kappa shape index (κ3) is 14.5. The molecule has 2 aromatic heterocycles. The summed E-state index contributed by atoms with van der Waals surface area (Å²) in [5.41, 5.74) is 4.79. The van der Waals surface area contributed by atoms with Crippen LogP contribution in [-0.2, 0) is 22.6 Å². The van der Waals surface area contributed by atoms with Crippen molar-refractivity contribution in [1.82, 2.24) is 19.8 Å². The van der Waals surface area contributed by atoms with Crippen LogP contribution in [0.2, 0.25) is 0 Å². The van der Waals surface area contributed by atoms with E-state index in [-0.39, 0.29) is 36.3 Å². The quantitative estimate of drug-likeness (QED) is 0.0999. The molecule has 0 radical (unpaired) electrons. The number of rotatable bonds is 10. The topological polar surface area (TPSA) is 166 Å². The third-order valence-electron chi connectivity index (χ3n) is 11.7. The van der Waals surface area contributed by atoms with Gasteiger partial charge in [-0.3, -0.25) is 19.8 Å². The average Bonchev–Trinajstić information content (AvgIpc) is 3.41. The molecule has 70 heavy (non-hydrogen) atoms. The minimum atomic E-state index is -1.38. The molecule has 18 heteroatoms. The summed E-state index contributed by atoms with van der Waals surface area (Å²) in [6.45, 7) is 2.91. The first-order valence-corrected chi connectivity index (χ1v) is 23.5. The van der Waals surface area contributed by atoms with E-state index in [1.165, 1.54) is 50.9 Å². The van der Waals surface area contributed by atoms with Crippen molar-refractivity contribution in [3.8, 4) is 11.1 Å². The fraction of sp³-hybridized carbons (Fsp3) is 0.269. The Morgan fingerprint density at radius 1 is 0.571 bits per heavy atom. The second-order valence-corrected chi connectivity index (χ2v) is 17.3. The molecule has 0 spiro atoms. The Hall–Kier alpha value is -7.02. The Morgan fingerprint density at radius 2 is 0.957 bits per heavy atom. The molecule has 0 aliphatic carbocycles. The van der Waals surface area contributed by atoms with Crippen LogP contribution in [0, 0.1) is 11.6 Å². The van der Waals surface area contributed by atoms with Crippen LogP contribution in [0.3, 0.4) is 0 Å². The van der Waals surface area contributed by atoms with Crippen LogP contribution in [0.5, 0.6) is 0 Å². The summed E-state index contributed by atoms with van der Waals surface area (Å²) in [6.07, 6.45) is 12.6. The number of carbonyl (C=O) groups is 4. The van der Waals surface area contributed by atoms with E-state index in [9.17, 15) is 28.0 Å². The number of methoxy groups -OCH3 is 2. The first-order valence-electron chi connectivity index (χ1n) is 22.7. The minimum Gasteiger partial charge on any atom is -0.465 e. The predicted molar refractivity (Wildman–Crippen MR) is 267 cm³/mol. The number of halogens is 3. The van der Waals surface area contributed by atoms with Gasteiger partial charge < -0.3 is 29.3 Å². The number of aromatic nitrogens is 2. The first-order chi connectivity index (χ1) is 33.9. The van der Waals surface area contributed by atoms with Crippen molar-refractivity contribution in [3.63, 3.8) is 0 Å². The fourth-order valence-electron chi connectivity index (χ4n) is 7.77. The standard InChI is InChI=1S/C26H26FN3O3.C21H22BrFN2O3.C5H6BNO2/c1-33-25(31)21-5-6-22(24(27)17-21)18-30(26(32)29-15-3-2-4-16-29)23-9-7-19(8-10-23)20-11-13-28-14-12-20;1-28-20(26)15-5-6-16(19(23)13-15)14-25(18-9-7-17(22)8-10-18)21(27)24-11-3-2-4-12-24;8-6(9)5-1-3-7-4-2-5/h5-14,17H,2-4,15-16,18H2,1H3;5-10,13H,2-4,11-12,14H2,1H3;1-4,8-9H. The number of amides is 4. The van der Waals surface area contributed by atoms with Crippen molar-refractivity contribution < 1.29 is 47.5 Å².